The minimum Gasteiger partial charge on any atom is -0.249 e. The molecule has 78 valence electrons. The first kappa shape index (κ1) is 9.47. The van der Waals surface area contributed by atoms with Crippen molar-refractivity contribution >= 4 is 17.4 Å². The van der Waals surface area contributed by atoms with Gasteiger partial charge in [0.25, 0.3) is 5.69 Å². The molecule has 0 fully saturated rings. The van der Waals surface area contributed by atoms with Crippen LogP contribution in [-0.4, -0.2) is 14.7 Å². The van der Waals surface area contributed by atoms with Crippen LogP contribution in [0, 0.1) is 4.91 Å². The molecule has 16 heavy (non-hydrogen) atoms. The Hall–Kier alpha value is -1.75. The molecule has 0 spiro atoms. The minimum atomic E-state index is 0.328. The first-order chi connectivity index (χ1) is 7.84. The van der Waals surface area contributed by atoms with Gasteiger partial charge in [0, 0.05) is 28.1 Å². The van der Waals surface area contributed by atoms with Crippen LogP contribution in [0.5, 0.6) is 0 Å². The van der Waals surface area contributed by atoms with E-state index in [1.54, 1.807) is 24.5 Å². The van der Waals surface area contributed by atoms with Crippen molar-refractivity contribution in [2.24, 2.45) is 0 Å². The van der Waals surface area contributed by atoms with Crippen molar-refractivity contribution in [3.8, 4) is 0 Å². The Balaban J connectivity index is 2.18. The van der Waals surface area contributed by atoms with E-state index in [0.717, 1.165) is 20.4 Å². The van der Waals surface area contributed by atoms with E-state index in [1.807, 2.05) is 12.1 Å². The summed E-state index contributed by atoms with van der Waals surface area (Å²) >= 11 is 1.44. The Morgan fingerprint density at radius 3 is 2.75 bits per heavy atom. The maximum absolute atomic E-state index is 11.9. The topological polar surface area (TPSA) is 45.9 Å². The summed E-state index contributed by atoms with van der Waals surface area (Å²) in [4.78, 5) is 20.4. The average Bonchev–Trinajstić information content (AvgIpc) is 2.45. The zero-order valence-corrected chi connectivity index (χ0v) is 9.15. The molecule has 3 rings (SSSR count). The summed E-state index contributed by atoms with van der Waals surface area (Å²) in [6.07, 6.45) is 3.42. The lowest BCUT2D eigenvalue weighted by atomic mass is 10.3. The highest BCUT2D eigenvalue weighted by Crippen LogP contribution is 2.37. The van der Waals surface area contributed by atoms with Crippen molar-refractivity contribution in [1.82, 2.24) is 9.97 Å². The second-order valence-electron chi connectivity index (χ2n) is 3.43. The Labute approximate surface area is 96.3 Å². The van der Waals surface area contributed by atoms with Crippen molar-refractivity contribution < 1.29 is 4.76 Å². The van der Waals surface area contributed by atoms with Gasteiger partial charge in [-0.25, -0.2) is 9.97 Å². The fourth-order valence-electron chi connectivity index (χ4n) is 1.62. The summed E-state index contributed by atoms with van der Waals surface area (Å²) in [5, 5.41) is 1.58. The molecule has 0 saturated carbocycles. The van der Waals surface area contributed by atoms with Crippen LogP contribution in [0.1, 0.15) is 5.56 Å². The second-order valence-corrected chi connectivity index (χ2v) is 4.41. The van der Waals surface area contributed by atoms with Crippen LogP contribution in [0.3, 0.4) is 0 Å². The average molecular weight is 230 g/mol. The quantitative estimate of drug-likeness (QED) is 0.652. The normalized spacial score (nSPS) is 13.9. The number of nitrogens with zero attached hydrogens (tertiary/aromatic N) is 3. The fourth-order valence-corrected chi connectivity index (χ4v) is 2.57. The molecular formula is C11H8N3OS+. The molecule has 1 aliphatic heterocycles. The smallest absolute Gasteiger partial charge is 0.249 e. The summed E-state index contributed by atoms with van der Waals surface area (Å²) in [6.45, 7) is 0.328. The monoisotopic (exact) mass is 230 g/mol. The van der Waals surface area contributed by atoms with Crippen LogP contribution in [0.25, 0.3) is 0 Å². The molecule has 4 nitrogen and oxygen atoms in total. The minimum absolute atomic E-state index is 0.328. The van der Waals surface area contributed by atoms with Crippen LogP contribution in [-0.2, 0) is 6.54 Å². The molecule has 0 unspecified atom stereocenters. The van der Waals surface area contributed by atoms with E-state index in [2.05, 4.69) is 9.97 Å². The molecule has 0 aliphatic carbocycles. The highest BCUT2D eigenvalue weighted by Gasteiger charge is 2.27. The van der Waals surface area contributed by atoms with E-state index in [1.165, 1.54) is 11.8 Å². The van der Waals surface area contributed by atoms with E-state index >= 15 is 0 Å². The van der Waals surface area contributed by atoms with Crippen LogP contribution in [0.2, 0.25) is 0 Å². The van der Waals surface area contributed by atoms with Gasteiger partial charge in [0.05, 0.1) is 5.56 Å². The maximum atomic E-state index is 11.9. The largest absolute Gasteiger partial charge is 0.288 e. The van der Waals surface area contributed by atoms with E-state index in [-0.39, 0.29) is 0 Å². The van der Waals surface area contributed by atoms with Crippen LogP contribution < -0.4 is 0 Å². The lowest BCUT2D eigenvalue weighted by molar-refractivity contribution is -0.483. The number of aromatic nitrogens is 2. The molecule has 2 aromatic heterocycles. The summed E-state index contributed by atoms with van der Waals surface area (Å²) < 4.78 is 0.961. The summed E-state index contributed by atoms with van der Waals surface area (Å²) in [6, 6.07) is 7.32. The fraction of sp³-hybridized carbons (Fsp3) is 0.0909. The number of pyridine rings is 2. The molecule has 5 heteroatoms. The Morgan fingerprint density at radius 1 is 1.12 bits per heavy atom. The Morgan fingerprint density at radius 2 is 1.88 bits per heavy atom. The predicted molar refractivity (Wildman–Crippen MR) is 59.6 cm³/mol. The van der Waals surface area contributed by atoms with Crippen molar-refractivity contribution in [1.29, 1.82) is 0 Å². The SMILES string of the molecule is O=[N+]1Cc2cccnc2Sc2ncccc21. The van der Waals surface area contributed by atoms with Crippen molar-refractivity contribution in [3.63, 3.8) is 0 Å². The Bertz CT molecular complexity index is 571. The maximum Gasteiger partial charge on any atom is 0.288 e. The lowest BCUT2D eigenvalue weighted by Gasteiger charge is -1.97. The molecule has 3 heterocycles. The molecule has 1 aliphatic rings. The third kappa shape index (κ3) is 1.49. The third-order valence-electron chi connectivity index (χ3n) is 2.38. The Kier molecular flexibility index (Phi) is 2.18. The van der Waals surface area contributed by atoms with Crippen LogP contribution in [0.15, 0.2) is 46.7 Å². The predicted octanol–water partition coefficient (Wildman–Crippen LogP) is 2.55. The van der Waals surface area contributed by atoms with Gasteiger partial charge in [-0.2, -0.15) is 0 Å². The highest BCUT2D eigenvalue weighted by molar-refractivity contribution is 7.99. The lowest BCUT2D eigenvalue weighted by Crippen LogP contribution is -2.01. The van der Waals surface area contributed by atoms with Crippen molar-refractivity contribution in [2.45, 2.75) is 16.6 Å². The highest BCUT2D eigenvalue weighted by atomic mass is 32.2. The number of rotatable bonds is 0. The van der Waals surface area contributed by atoms with E-state index in [9.17, 15) is 4.91 Å². The molecule has 0 bridgehead atoms. The first-order valence-electron chi connectivity index (χ1n) is 4.86. The molecule has 2 aromatic rings. The van der Waals surface area contributed by atoms with E-state index < -0.39 is 0 Å². The van der Waals surface area contributed by atoms with Gasteiger partial charge in [-0.1, -0.05) is 0 Å². The van der Waals surface area contributed by atoms with Gasteiger partial charge in [0.2, 0.25) is 6.54 Å². The first-order valence-corrected chi connectivity index (χ1v) is 5.68. The van der Waals surface area contributed by atoms with Crippen LogP contribution >= 0.6 is 11.8 Å². The molecule has 0 N–H and O–H groups in total. The van der Waals surface area contributed by atoms with Crippen LogP contribution in [0.4, 0.5) is 5.69 Å². The van der Waals surface area contributed by atoms with Gasteiger partial charge >= 0.3 is 0 Å². The third-order valence-corrected chi connectivity index (χ3v) is 3.45. The standard InChI is InChI=1S/C11H8N3OS/c15-14-7-8-3-1-5-12-10(8)16-11-9(14)4-2-6-13-11/h1-6H,7H2/q+1. The van der Waals surface area contributed by atoms with Crippen molar-refractivity contribution in [2.75, 3.05) is 0 Å². The molecule has 0 amide bonds. The second kappa shape index (κ2) is 3.68. The number of hydrogen-bond donors (Lipinski definition) is 0. The van der Waals surface area contributed by atoms with Crippen molar-refractivity contribution in [3.05, 3.63) is 47.1 Å². The van der Waals surface area contributed by atoms with E-state index in [4.69, 9.17) is 0 Å². The van der Waals surface area contributed by atoms with Gasteiger partial charge < -0.3 is 0 Å². The molecular weight excluding hydrogens is 222 g/mol. The summed E-state index contributed by atoms with van der Waals surface area (Å²) in [7, 11) is 0. The van der Waals surface area contributed by atoms with E-state index in [0.29, 0.717) is 12.2 Å². The molecule has 0 saturated heterocycles. The van der Waals surface area contributed by atoms with Gasteiger partial charge in [-0.15, -0.1) is 0 Å². The van der Waals surface area contributed by atoms with Gasteiger partial charge in [0.15, 0.2) is 5.03 Å². The van der Waals surface area contributed by atoms with Gasteiger partial charge in [-0.05, 0) is 30.0 Å². The summed E-state index contributed by atoms with van der Waals surface area (Å²) in [5.74, 6) is 0. The molecule has 0 atom stereocenters. The molecule has 0 aromatic carbocycles. The van der Waals surface area contributed by atoms with Gasteiger partial charge in [-0.3, -0.25) is 0 Å². The zero-order valence-electron chi connectivity index (χ0n) is 8.33. The van der Waals surface area contributed by atoms with Gasteiger partial charge in [0.1, 0.15) is 5.03 Å². The number of hydrogen-bond acceptors (Lipinski definition) is 4. The number of fused-ring (bicyclic) bond motifs is 2. The number of nitroso groups, excluding NO2 is 1. The molecule has 0 radical (unpaired) electrons. The zero-order chi connectivity index (χ0) is 11.0. The summed E-state index contributed by atoms with van der Waals surface area (Å²) in [5.41, 5.74) is 1.56.